The highest BCUT2D eigenvalue weighted by molar-refractivity contribution is 6.13. The van der Waals surface area contributed by atoms with Gasteiger partial charge in [-0.05, 0) is 63.7 Å². The Morgan fingerprint density at radius 1 is 1.03 bits per heavy atom. The summed E-state index contributed by atoms with van der Waals surface area (Å²) in [4.78, 5) is 25.3. The molecule has 5 heterocycles. The lowest BCUT2D eigenvalue weighted by Gasteiger charge is -2.42. The molecule has 3 aromatic heterocycles. The third-order valence-corrected chi connectivity index (χ3v) is 8.77. The third kappa shape index (κ3) is 3.64. The Kier molecular flexibility index (Phi) is 5.46. The zero-order valence-corrected chi connectivity index (χ0v) is 21.5. The topological polar surface area (TPSA) is 77.2 Å². The molecule has 0 atom stereocenters. The summed E-state index contributed by atoms with van der Waals surface area (Å²) in [7, 11) is 1.86. The van der Waals surface area contributed by atoms with Gasteiger partial charge in [0.1, 0.15) is 0 Å². The molecular weight excluding hydrogens is 464 g/mol. The SMILES string of the molecule is Cn1c(=O)n2c3c4c(c(-c5ccc(OCCCN6CCCCC6)nc5)ccc4ncc31)NCC21CCC1. The van der Waals surface area contributed by atoms with Crippen molar-refractivity contribution in [1.29, 1.82) is 0 Å². The Balaban J connectivity index is 1.20. The number of aromatic nitrogens is 4. The van der Waals surface area contributed by atoms with E-state index in [1.54, 1.807) is 4.57 Å². The number of piperidine rings is 1. The van der Waals surface area contributed by atoms with E-state index in [4.69, 9.17) is 9.72 Å². The fourth-order valence-electron chi connectivity index (χ4n) is 6.53. The van der Waals surface area contributed by atoms with Crippen LogP contribution in [0.2, 0.25) is 0 Å². The van der Waals surface area contributed by atoms with Crippen molar-refractivity contribution in [3.63, 3.8) is 0 Å². The fraction of sp³-hybridized carbons (Fsp3) is 0.483. The van der Waals surface area contributed by atoms with Crippen LogP contribution in [-0.4, -0.2) is 56.8 Å². The van der Waals surface area contributed by atoms with Gasteiger partial charge in [-0.15, -0.1) is 0 Å². The van der Waals surface area contributed by atoms with E-state index in [2.05, 4.69) is 38.0 Å². The van der Waals surface area contributed by atoms with Crippen molar-refractivity contribution < 1.29 is 4.74 Å². The van der Waals surface area contributed by atoms with Crippen LogP contribution in [0.15, 0.2) is 41.5 Å². The monoisotopic (exact) mass is 498 g/mol. The lowest BCUT2D eigenvalue weighted by Crippen LogP contribution is -2.50. The summed E-state index contributed by atoms with van der Waals surface area (Å²) >= 11 is 0. The van der Waals surface area contributed by atoms with E-state index in [9.17, 15) is 4.79 Å². The van der Waals surface area contributed by atoms with Crippen molar-refractivity contribution >= 4 is 27.6 Å². The summed E-state index contributed by atoms with van der Waals surface area (Å²) in [5.74, 6) is 0.663. The number of fused-ring (bicyclic) bond motifs is 1. The van der Waals surface area contributed by atoms with Crippen molar-refractivity contribution in [2.24, 2.45) is 7.05 Å². The first-order chi connectivity index (χ1) is 18.1. The fourth-order valence-corrected chi connectivity index (χ4v) is 6.53. The molecule has 0 unspecified atom stereocenters. The van der Waals surface area contributed by atoms with Gasteiger partial charge in [0.05, 0.1) is 46.0 Å². The number of ether oxygens (including phenoxy) is 1. The number of anilines is 1. The Morgan fingerprint density at radius 3 is 2.65 bits per heavy atom. The molecule has 0 radical (unpaired) electrons. The lowest BCUT2D eigenvalue weighted by atomic mass is 9.76. The van der Waals surface area contributed by atoms with E-state index < -0.39 is 0 Å². The summed E-state index contributed by atoms with van der Waals surface area (Å²) in [6.45, 7) is 4.95. The van der Waals surface area contributed by atoms with Crippen molar-refractivity contribution in [3.05, 3.63) is 47.1 Å². The Morgan fingerprint density at radius 2 is 1.89 bits per heavy atom. The molecular formula is C29H34N6O2. The number of likely N-dealkylation sites (tertiary alicyclic amines) is 1. The molecule has 1 saturated heterocycles. The Bertz CT molecular complexity index is 1530. The highest BCUT2D eigenvalue weighted by Gasteiger charge is 2.43. The van der Waals surface area contributed by atoms with Gasteiger partial charge >= 0.3 is 5.69 Å². The van der Waals surface area contributed by atoms with Gasteiger partial charge in [0.2, 0.25) is 5.88 Å². The predicted octanol–water partition coefficient (Wildman–Crippen LogP) is 4.51. The Labute approximate surface area is 216 Å². The van der Waals surface area contributed by atoms with Gasteiger partial charge < -0.3 is 15.0 Å². The van der Waals surface area contributed by atoms with Crippen LogP contribution in [0.3, 0.4) is 0 Å². The number of hydrogen-bond donors (Lipinski definition) is 1. The van der Waals surface area contributed by atoms with Crippen LogP contribution < -0.4 is 15.7 Å². The molecule has 7 rings (SSSR count). The smallest absolute Gasteiger partial charge is 0.329 e. The van der Waals surface area contributed by atoms with E-state index in [1.165, 1.54) is 32.4 Å². The van der Waals surface area contributed by atoms with E-state index >= 15 is 0 Å². The normalized spacial score (nSPS) is 18.7. The van der Waals surface area contributed by atoms with Gasteiger partial charge in [-0.25, -0.2) is 9.78 Å². The van der Waals surface area contributed by atoms with Gasteiger partial charge in [-0.3, -0.25) is 14.1 Å². The molecule has 4 aromatic rings. The molecule has 192 valence electrons. The third-order valence-electron chi connectivity index (χ3n) is 8.77. The number of pyridine rings is 2. The molecule has 0 bridgehead atoms. The molecule has 8 nitrogen and oxygen atoms in total. The number of imidazole rings is 1. The second kappa shape index (κ2) is 8.87. The first-order valence-electron chi connectivity index (χ1n) is 13.7. The van der Waals surface area contributed by atoms with E-state index in [0.29, 0.717) is 12.5 Å². The van der Waals surface area contributed by atoms with Crippen molar-refractivity contribution in [2.75, 3.05) is 38.1 Å². The molecule has 1 saturated carbocycles. The van der Waals surface area contributed by atoms with E-state index in [1.807, 2.05) is 25.5 Å². The second-order valence-corrected chi connectivity index (χ2v) is 11.0. The maximum atomic E-state index is 13.4. The first-order valence-corrected chi connectivity index (χ1v) is 13.7. The lowest BCUT2D eigenvalue weighted by molar-refractivity contribution is 0.160. The van der Waals surface area contributed by atoms with Crippen LogP contribution in [0.5, 0.6) is 5.88 Å². The van der Waals surface area contributed by atoms with Crippen LogP contribution in [0.25, 0.3) is 33.1 Å². The number of rotatable bonds is 6. The maximum Gasteiger partial charge on any atom is 0.329 e. The van der Waals surface area contributed by atoms with Crippen LogP contribution >= 0.6 is 0 Å². The summed E-state index contributed by atoms with van der Waals surface area (Å²) in [5, 5.41) is 4.77. The van der Waals surface area contributed by atoms with Gasteiger partial charge in [-0.2, -0.15) is 0 Å². The number of nitrogens with zero attached hydrogens (tertiary/aromatic N) is 5. The van der Waals surface area contributed by atoms with Crippen molar-refractivity contribution in [3.8, 4) is 17.0 Å². The van der Waals surface area contributed by atoms with Crippen LogP contribution in [0.1, 0.15) is 44.9 Å². The van der Waals surface area contributed by atoms with E-state index in [-0.39, 0.29) is 11.2 Å². The minimum absolute atomic E-state index is 0.0486. The number of hydrogen-bond acceptors (Lipinski definition) is 6. The minimum Gasteiger partial charge on any atom is -0.478 e. The van der Waals surface area contributed by atoms with Gasteiger partial charge in [-0.1, -0.05) is 12.5 Å². The molecule has 0 amide bonds. The van der Waals surface area contributed by atoms with Gasteiger partial charge in [0, 0.05) is 43.5 Å². The zero-order chi connectivity index (χ0) is 25.0. The quantitative estimate of drug-likeness (QED) is 0.394. The molecule has 3 aliphatic rings. The highest BCUT2D eigenvalue weighted by atomic mass is 16.5. The standard InChI is InChI=1S/C29H34N6O2/c1-33-23-18-30-22-9-8-21(26-25(22)27(23)35(28(33)36)29(19-32-26)11-5-12-29)20-7-10-24(31-17-20)37-16-6-15-34-13-3-2-4-14-34/h7-10,17-18,32H,2-6,11-16,19H2,1H3. The largest absolute Gasteiger partial charge is 0.478 e. The molecule has 2 fully saturated rings. The van der Waals surface area contributed by atoms with E-state index in [0.717, 1.165) is 77.5 Å². The molecule has 37 heavy (non-hydrogen) atoms. The van der Waals surface area contributed by atoms with Crippen LogP contribution in [0.4, 0.5) is 5.69 Å². The first kappa shape index (κ1) is 22.8. The van der Waals surface area contributed by atoms with Crippen LogP contribution in [-0.2, 0) is 12.6 Å². The van der Waals surface area contributed by atoms with Crippen LogP contribution in [0, 0.1) is 0 Å². The summed E-state index contributed by atoms with van der Waals surface area (Å²) < 4.78 is 9.77. The molecule has 1 N–H and O–H groups in total. The summed E-state index contributed by atoms with van der Waals surface area (Å²) in [6, 6.07) is 8.22. The predicted molar refractivity (Wildman–Crippen MR) is 146 cm³/mol. The molecule has 1 spiro atoms. The number of nitrogens with one attached hydrogen (secondary N) is 1. The van der Waals surface area contributed by atoms with Gasteiger partial charge in [0.25, 0.3) is 0 Å². The maximum absolute atomic E-state index is 13.4. The van der Waals surface area contributed by atoms with Crippen molar-refractivity contribution in [1.82, 2.24) is 24.0 Å². The summed E-state index contributed by atoms with van der Waals surface area (Å²) in [5.41, 5.74) is 5.80. The average molecular weight is 499 g/mol. The zero-order valence-electron chi connectivity index (χ0n) is 21.5. The molecule has 1 aromatic carbocycles. The van der Waals surface area contributed by atoms with Crippen molar-refractivity contribution in [2.45, 2.75) is 50.5 Å². The average Bonchev–Trinajstić information content (AvgIpc) is 3.06. The number of benzene rings is 1. The highest BCUT2D eigenvalue weighted by Crippen LogP contribution is 2.46. The second-order valence-electron chi connectivity index (χ2n) is 11.0. The van der Waals surface area contributed by atoms with Gasteiger partial charge in [0.15, 0.2) is 0 Å². The minimum atomic E-state index is -0.175. The Hall–Kier alpha value is -3.39. The number of aryl methyl sites for hydroxylation is 1. The summed E-state index contributed by atoms with van der Waals surface area (Å²) in [6.07, 6.45) is 11.9. The molecule has 2 aliphatic heterocycles. The molecule has 1 aliphatic carbocycles. The molecule has 8 heteroatoms.